The maximum atomic E-state index is 13.1. The van der Waals surface area contributed by atoms with E-state index in [0.717, 1.165) is 10.3 Å². The Kier molecular flexibility index (Phi) is 6.41. The molecule has 1 fully saturated rings. The SMILES string of the molecule is COCCn1c(=O)[nH]c2cc(C(=O)N3CCN(c4ccc(C(C)=O)cc4)CC3)ccc2c1=O. The molecule has 0 spiro atoms. The van der Waals surface area contributed by atoms with Crippen LogP contribution in [-0.2, 0) is 11.3 Å². The van der Waals surface area contributed by atoms with Gasteiger partial charge < -0.3 is 19.5 Å². The predicted octanol–water partition coefficient (Wildman–Crippen LogP) is 1.50. The highest BCUT2D eigenvalue weighted by Crippen LogP contribution is 2.19. The maximum absolute atomic E-state index is 13.1. The molecule has 0 radical (unpaired) electrons. The van der Waals surface area contributed by atoms with Crippen LogP contribution in [0.2, 0.25) is 0 Å². The molecule has 33 heavy (non-hydrogen) atoms. The summed E-state index contributed by atoms with van der Waals surface area (Å²) in [6.45, 7) is 4.36. The smallest absolute Gasteiger partial charge is 0.328 e. The minimum absolute atomic E-state index is 0.0302. The molecule has 0 atom stereocenters. The molecule has 1 amide bonds. The van der Waals surface area contributed by atoms with Crippen molar-refractivity contribution in [2.45, 2.75) is 13.5 Å². The number of piperazine rings is 1. The van der Waals surface area contributed by atoms with Crippen molar-refractivity contribution in [3.63, 3.8) is 0 Å². The van der Waals surface area contributed by atoms with Gasteiger partial charge in [0.2, 0.25) is 0 Å². The molecular formula is C24H26N4O5. The zero-order chi connectivity index (χ0) is 23.5. The quantitative estimate of drug-likeness (QED) is 0.571. The van der Waals surface area contributed by atoms with Crippen molar-refractivity contribution in [3.05, 3.63) is 74.4 Å². The average molecular weight is 450 g/mol. The fraction of sp³-hybridized carbons (Fsp3) is 0.333. The van der Waals surface area contributed by atoms with Crippen molar-refractivity contribution in [1.29, 1.82) is 0 Å². The van der Waals surface area contributed by atoms with Gasteiger partial charge in [0.05, 0.1) is 24.1 Å². The van der Waals surface area contributed by atoms with E-state index in [2.05, 4.69) is 9.88 Å². The molecule has 3 aromatic rings. The molecule has 4 rings (SSSR count). The second-order valence-corrected chi connectivity index (χ2v) is 8.02. The Morgan fingerprint density at radius 1 is 0.970 bits per heavy atom. The summed E-state index contributed by atoms with van der Waals surface area (Å²) >= 11 is 0. The second-order valence-electron chi connectivity index (χ2n) is 8.02. The number of hydrogen-bond acceptors (Lipinski definition) is 6. The van der Waals surface area contributed by atoms with Crippen LogP contribution in [0.15, 0.2) is 52.1 Å². The predicted molar refractivity (Wildman–Crippen MR) is 125 cm³/mol. The fourth-order valence-electron chi connectivity index (χ4n) is 4.03. The van der Waals surface area contributed by atoms with Gasteiger partial charge in [-0.1, -0.05) is 0 Å². The number of ether oxygens (including phenoxy) is 1. The van der Waals surface area contributed by atoms with E-state index in [1.165, 1.54) is 7.11 Å². The molecule has 1 aliphatic rings. The largest absolute Gasteiger partial charge is 0.383 e. The summed E-state index contributed by atoms with van der Waals surface area (Å²) in [7, 11) is 1.50. The van der Waals surface area contributed by atoms with Crippen molar-refractivity contribution < 1.29 is 14.3 Å². The fourth-order valence-corrected chi connectivity index (χ4v) is 4.03. The number of aromatic amines is 1. The average Bonchev–Trinajstić information content (AvgIpc) is 2.83. The number of ketones is 1. The number of rotatable bonds is 6. The van der Waals surface area contributed by atoms with Gasteiger partial charge in [-0.05, 0) is 49.4 Å². The summed E-state index contributed by atoms with van der Waals surface area (Å²) in [5, 5.41) is 0.348. The van der Waals surface area contributed by atoms with Crippen LogP contribution >= 0.6 is 0 Å². The Balaban J connectivity index is 1.48. The van der Waals surface area contributed by atoms with Gasteiger partial charge in [-0.25, -0.2) is 4.79 Å². The first-order chi connectivity index (χ1) is 15.9. The number of amides is 1. The Morgan fingerprint density at radius 3 is 2.27 bits per heavy atom. The van der Waals surface area contributed by atoms with E-state index in [9.17, 15) is 19.2 Å². The summed E-state index contributed by atoms with van der Waals surface area (Å²) in [6, 6.07) is 12.2. The van der Waals surface area contributed by atoms with E-state index in [1.807, 2.05) is 24.3 Å². The Labute approximate surface area is 190 Å². The van der Waals surface area contributed by atoms with Crippen molar-refractivity contribution in [2.24, 2.45) is 0 Å². The highest BCUT2D eigenvalue weighted by atomic mass is 16.5. The lowest BCUT2D eigenvalue weighted by molar-refractivity contribution is 0.0746. The van der Waals surface area contributed by atoms with Gasteiger partial charge in [-0.15, -0.1) is 0 Å². The van der Waals surface area contributed by atoms with Gasteiger partial charge in [0.15, 0.2) is 5.78 Å². The molecule has 172 valence electrons. The van der Waals surface area contributed by atoms with Crippen molar-refractivity contribution in [1.82, 2.24) is 14.5 Å². The van der Waals surface area contributed by atoms with Gasteiger partial charge in [-0.2, -0.15) is 0 Å². The molecular weight excluding hydrogens is 424 g/mol. The number of methoxy groups -OCH3 is 1. The number of hydrogen-bond donors (Lipinski definition) is 1. The number of carbonyl (C=O) groups excluding carboxylic acids is 2. The Morgan fingerprint density at radius 2 is 1.64 bits per heavy atom. The van der Waals surface area contributed by atoms with Crippen molar-refractivity contribution in [2.75, 3.05) is 44.8 Å². The summed E-state index contributed by atoms with van der Waals surface area (Å²) < 4.78 is 6.05. The molecule has 0 saturated carbocycles. The molecule has 1 N–H and O–H groups in total. The lowest BCUT2D eigenvalue weighted by Crippen LogP contribution is -2.48. The van der Waals surface area contributed by atoms with Crippen LogP contribution in [0.4, 0.5) is 5.69 Å². The number of H-pyrrole nitrogens is 1. The number of nitrogens with one attached hydrogen (secondary N) is 1. The lowest BCUT2D eigenvalue weighted by atomic mass is 10.1. The summed E-state index contributed by atoms with van der Waals surface area (Å²) in [5.41, 5.74) is 1.51. The Bertz CT molecular complexity index is 1300. The van der Waals surface area contributed by atoms with Crippen LogP contribution in [0.5, 0.6) is 0 Å². The number of nitrogens with zero attached hydrogens (tertiary/aromatic N) is 3. The molecule has 0 bridgehead atoms. The monoisotopic (exact) mass is 450 g/mol. The van der Waals surface area contributed by atoms with Gasteiger partial charge >= 0.3 is 5.69 Å². The molecule has 9 heteroatoms. The van der Waals surface area contributed by atoms with Crippen LogP contribution in [0.1, 0.15) is 27.6 Å². The molecule has 1 aromatic heterocycles. The second kappa shape index (κ2) is 9.41. The maximum Gasteiger partial charge on any atom is 0.328 e. The lowest BCUT2D eigenvalue weighted by Gasteiger charge is -2.36. The molecule has 1 aliphatic heterocycles. The highest BCUT2D eigenvalue weighted by Gasteiger charge is 2.23. The number of fused-ring (bicyclic) bond motifs is 1. The molecule has 2 aromatic carbocycles. The van der Waals surface area contributed by atoms with E-state index in [-0.39, 0.29) is 24.8 Å². The molecule has 2 heterocycles. The topological polar surface area (TPSA) is 105 Å². The van der Waals surface area contributed by atoms with Crippen LogP contribution in [0.25, 0.3) is 10.9 Å². The number of benzene rings is 2. The van der Waals surface area contributed by atoms with E-state index in [1.54, 1.807) is 30.0 Å². The zero-order valence-corrected chi connectivity index (χ0v) is 18.7. The highest BCUT2D eigenvalue weighted by molar-refractivity contribution is 5.98. The van der Waals surface area contributed by atoms with Gasteiger partial charge in [0.1, 0.15) is 0 Å². The molecule has 1 saturated heterocycles. The summed E-state index contributed by atoms with van der Waals surface area (Å²) in [5.74, 6) is -0.115. The third-order valence-corrected chi connectivity index (χ3v) is 5.95. The van der Waals surface area contributed by atoms with Crippen LogP contribution in [-0.4, -0.2) is 66.0 Å². The molecule has 0 aliphatic carbocycles. The van der Waals surface area contributed by atoms with E-state index in [4.69, 9.17) is 4.74 Å². The first-order valence-electron chi connectivity index (χ1n) is 10.8. The van der Waals surface area contributed by atoms with E-state index < -0.39 is 11.2 Å². The normalized spacial score (nSPS) is 14.0. The van der Waals surface area contributed by atoms with Crippen LogP contribution in [0, 0.1) is 0 Å². The Hall–Kier alpha value is -3.72. The summed E-state index contributed by atoms with van der Waals surface area (Å²) in [4.78, 5) is 56.1. The number of anilines is 1. The summed E-state index contributed by atoms with van der Waals surface area (Å²) in [6.07, 6.45) is 0. The van der Waals surface area contributed by atoms with Gasteiger partial charge in [0.25, 0.3) is 11.5 Å². The van der Waals surface area contributed by atoms with Crippen molar-refractivity contribution >= 4 is 28.3 Å². The first kappa shape index (κ1) is 22.5. The third-order valence-electron chi connectivity index (χ3n) is 5.95. The number of aromatic nitrogens is 2. The minimum Gasteiger partial charge on any atom is -0.383 e. The molecule has 0 unspecified atom stereocenters. The third kappa shape index (κ3) is 4.58. The van der Waals surface area contributed by atoms with Gasteiger partial charge in [-0.3, -0.25) is 19.0 Å². The molecule has 9 nitrogen and oxygen atoms in total. The van der Waals surface area contributed by atoms with E-state index in [0.29, 0.717) is 48.2 Å². The zero-order valence-electron chi connectivity index (χ0n) is 18.7. The number of carbonyl (C=O) groups is 2. The standard InChI is InChI=1S/C24H26N4O5/c1-16(29)17-3-6-19(7-4-17)26-9-11-27(12-10-26)22(30)18-5-8-20-21(15-18)25-24(32)28(23(20)31)13-14-33-2/h3-8,15H,9-14H2,1-2H3,(H,25,32). The van der Waals surface area contributed by atoms with Gasteiger partial charge in [0, 0.05) is 50.1 Å². The number of Topliss-reactive ketones (excluding diaryl/α,β-unsaturated/α-hetero) is 1. The first-order valence-corrected chi connectivity index (χ1v) is 10.8. The van der Waals surface area contributed by atoms with Crippen LogP contribution < -0.4 is 16.1 Å². The van der Waals surface area contributed by atoms with E-state index >= 15 is 0 Å². The van der Waals surface area contributed by atoms with Crippen molar-refractivity contribution in [3.8, 4) is 0 Å². The minimum atomic E-state index is -0.529. The van der Waals surface area contributed by atoms with Crippen LogP contribution in [0.3, 0.4) is 0 Å².